The lowest BCUT2D eigenvalue weighted by atomic mass is 10.0. The van der Waals surface area contributed by atoms with E-state index in [1.54, 1.807) is 19.1 Å². The Labute approximate surface area is 118 Å². The van der Waals surface area contributed by atoms with Crippen LogP contribution in [0.5, 0.6) is 0 Å². The molecule has 0 bridgehead atoms. The predicted molar refractivity (Wildman–Crippen MR) is 77.3 cm³/mol. The number of rotatable bonds is 5. The summed E-state index contributed by atoms with van der Waals surface area (Å²) in [5, 5.41) is 3.25. The lowest BCUT2D eigenvalue weighted by Gasteiger charge is -2.19. The van der Waals surface area contributed by atoms with E-state index in [4.69, 9.17) is 0 Å². The number of nitrogens with one attached hydrogen (secondary N) is 2. The number of aryl methyl sites for hydroxylation is 1. The van der Waals surface area contributed by atoms with Gasteiger partial charge in [0.1, 0.15) is 0 Å². The number of anilines is 2. The van der Waals surface area contributed by atoms with Crippen molar-refractivity contribution >= 4 is 27.4 Å². The largest absolute Gasteiger partial charge is 0.465 e. The molecule has 20 heavy (non-hydrogen) atoms. The smallest absolute Gasteiger partial charge is 0.323 e. The summed E-state index contributed by atoms with van der Waals surface area (Å²) in [4.78, 5) is 11.2. The van der Waals surface area contributed by atoms with Gasteiger partial charge in [-0.2, -0.15) is 0 Å². The number of hydrogen-bond acceptors (Lipinski definition) is 5. The van der Waals surface area contributed by atoms with Gasteiger partial charge >= 0.3 is 5.97 Å². The van der Waals surface area contributed by atoms with E-state index in [-0.39, 0.29) is 6.61 Å². The first kappa shape index (κ1) is 14.6. The molecule has 0 saturated carbocycles. The molecule has 0 spiro atoms. The van der Waals surface area contributed by atoms with Crippen molar-refractivity contribution in [2.45, 2.75) is 19.8 Å². The number of carbonyl (C=O) groups excluding carboxylic acids is 1. The minimum Gasteiger partial charge on any atom is -0.465 e. The van der Waals surface area contributed by atoms with Gasteiger partial charge in [0.2, 0.25) is 10.0 Å². The van der Waals surface area contributed by atoms with Gasteiger partial charge in [-0.15, -0.1) is 0 Å². The van der Waals surface area contributed by atoms with Gasteiger partial charge in [-0.25, -0.2) is 8.42 Å². The van der Waals surface area contributed by atoms with Crippen LogP contribution in [0.25, 0.3) is 0 Å². The lowest BCUT2D eigenvalue weighted by Crippen LogP contribution is -2.24. The fourth-order valence-corrected chi connectivity index (χ4v) is 3.06. The first-order valence-electron chi connectivity index (χ1n) is 6.53. The third-order valence-corrected chi connectivity index (χ3v) is 4.09. The van der Waals surface area contributed by atoms with E-state index in [1.165, 1.54) is 0 Å². The molecular weight excluding hydrogens is 280 g/mol. The number of esters is 1. The average Bonchev–Trinajstić information content (AvgIpc) is 2.37. The summed E-state index contributed by atoms with van der Waals surface area (Å²) in [5.74, 6) is -1.42. The molecule has 110 valence electrons. The minimum atomic E-state index is -3.73. The molecule has 2 N–H and O–H groups in total. The van der Waals surface area contributed by atoms with E-state index in [2.05, 4.69) is 14.8 Å². The molecule has 0 radical (unpaired) electrons. The molecule has 0 fully saturated rings. The Kier molecular flexibility index (Phi) is 4.49. The number of sulfonamides is 1. The van der Waals surface area contributed by atoms with Crippen LogP contribution >= 0.6 is 0 Å². The SMILES string of the molecule is CCOC(=O)CS(=O)(=O)Nc1ccc2c(c1)CCCN2. The quantitative estimate of drug-likeness (QED) is 0.802. The fraction of sp³-hybridized carbons (Fsp3) is 0.462. The van der Waals surface area contributed by atoms with Gasteiger partial charge in [0.25, 0.3) is 0 Å². The van der Waals surface area contributed by atoms with Crippen LogP contribution in [0.4, 0.5) is 11.4 Å². The molecule has 0 aromatic heterocycles. The summed E-state index contributed by atoms with van der Waals surface area (Å²) >= 11 is 0. The molecule has 1 aliphatic rings. The minimum absolute atomic E-state index is 0.166. The molecular formula is C13H18N2O4S. The third-order valence-electron chi connectivity index (χ3n) is 2.93. The predicted octanol–water partition coefficient (Wildman–Crippen LogP) is 1.35. The van der Waals surface area contributed by atoms with E-state index in [0.717, 1.165) is 30.6 Å². The van der Waals surface area contributed by atoms with Crippen molar-refractivity contribution in [2.75, 3.05) is 28.9 Å². The number of benzene rings is 1. The lowest BCUT2D eigenvalue weighted by molar-refractivity contribution is -0.139. The zero-order chi connectivity index (χ0) is 14.6. The highest BCUT2D eigenvalue weighted by Gasteiger charge is 2.18. The van der Waals surface area contributed by atoms with Crippen molar-refractivity contribution in [3.63, 3.8) is 0 Å². The van der Waals surface area contributed by atoms with Gasteiger partial charge in [0, 0.05) is 17.9 Å². The van der Waals surface area contributed by atoms with Crippen LogP contribution in [0.3, 0.4) is 0 Å². The molecule has 0 aliphatic carbocycles. The van der Waals surface area contributed by atoms with E-state index in [0.29, 0.717) is 5.69 Å². The Morgan fingerprint density at radius 3 is 3.00 bits per heavy atom. The standard InChI is InChI=1S/C13H18N2O4S/c1-2-19-13(16)9-20(17,18)15-11-5-6-12-10(8-11)4-3-7-14-12/h5-6,8,14-15H,2-4,7,9H2,1H3. The highest BCUT2D eigenvalue weighted by atomic mass is 32.2. The van der Waals surface area contributed by atoms with E-state index >= 15 is 0 Å². The van der Waals surface area contributed by atoms with Crippen LogP contribution in [0.1, 0.15) is 18.9 Å². The number of fused-ring (bicyclic) bond motifs is 1. The van der Waals surface area contributed by atoms with Crippen molar-refractivity contribution in [3.05, 3.63) is 23.8 Å². The van der Waals surface area contributed by atoms with Gasteiger partial charge in [0.05, 0.1) is 6.61 Å². The van der Waals surface area contributed by atoms with Crippen molar-refractivity contribution in [2.24, 2.45) is 0 Å². The van der Waals surface area contributed by atoms with Crippen LogP contribution in [0.15, 0.2) is 18.2 Å². The molecule has 1 aromatic rings. The molecule has 0 amide bonds. The zero-order valence-corrected chi connectivity index (χ0v) is 12.1. The molecule has 1 aromatic carbocycles. The van der Waals surface area contributed by atoms with Crippen molar-refractivity contribution < 1.29 is 17.9 Å². The Morgan fingerprint density at radius 1 is 1.45 bits per heavy atom. The Balaban J connectivity index is 2.07. The Bertz CT molecular complexity index is 598. The molecule has 6 nitrogen and oxygen atoms in total. The third kappa shape index (κ3) is 3.86. The summed E-state index contributed by atoms with van der Waals surface area (Å²) in [7, 11) is -3.73. The Morgan fingerprint density at radius 2 is 2.25 bits per heavy atom. The van der Waals surface area contributed by atoms with Crippen LogP contribution in [-0.4, -0.2) is 33.3 Å². The normalized spacial score (nSPS) is 14.1. The van der Waals surface area contributed by atoms with Gasteiger partial charge in [0.15, 0.2) is 5.75 Å². The summed E-state index contributed by atoms with van der Waals surface area (Å²) in [6.45, 7) is 2.73. The van der Waals surface area contributed by atoms with Gasteiger partial charge in [-0.1, -0.05) is 0 Å². The molecule has 0 atom stereocenters. The first-order chi connectivity index (χ1) is 9.50. The average molecular weight is 298 g/mol. The highest BCUT2D eigenvalue weighted by Crippen LogP contribution is 2.25. The van der Waals surface area contributed by atoms with Crippen molar-refractivity contribution in [1.29, 1.82) is 0 Å². The topological polar surface area (TPSA) is 84.5 Å². The summed E-state index contributed by atoms with van der Waals surface area (Å²) in [6, 6.07) is 5.32. The molecule has 0 saturated heterocycles. The second kappa shape index (κ2) is 6.13. The first-order valence-corrected chi connectivity index (χ1v) is 8.18. The van der Waals surface area contributed by atoms with Gasteiger partial charge < -0.3 is 10.1 Å². The van der Waals surface area contributed by atoms with E-state index < -0.39 is 21.7 Å². The van der Waals surface area contributed by atoms with Crippen molar-refractivity contribution in [3.8, 4) is 0 Å². The number of ether oxygens (including phenoxy) is 1. The van der Waals surface area contributed by atoms with Crippen LogP contribution in [0.2, 0.25) is 0 Å². The van der Waals surface area contributed by atoms with Crippen molar-refractivity contribution in [1.82, 2.24) is 0 Å². The number of carbonyl (C=O) groups is 1. The van der Waals surface area contributed by atoms with Gasteiger partial charge in [-0.3, -0.25) is 9.52 Å². The fourth-order valence-electron chi connectivity index (χ4n) is 2.11. The maximum atomic E-state index is 11.8. The Hall–Kier alpha value is -1.76. The second-order valence-electron chi connectivity index (χ2n) is 4.57. The van der Waals surface area contributed by atoms with Crippen LogP contribution < -0.4 is 10.0 Å². The summed E-state index contributed by atoms with van der Waals surface area (Å²) in [5.41, 5.74) is 2.58. The van der Waals surface area contributed by atoms with Crippen LogP contribution in [0, 0.1) is 0 Å². The molecule has 1 heterocycles. The molecule has 7 heteroatoms. The van der Waals surface area contributed by atoms with E-state index in [9.17, 15) is 13.2 Å². The summed E-state index contributed by atoms with van der Waals surface area (Å²) < 4.78 is 30.7. The molecule has 1 aliphatic heterocycles. The van der Waals surface area contributed by atoms with Gasteiger partial charge in [-0.05, 0) is 43.5 Å². The molecule has 0 unspecified atom stereocenters. The maximum Gasteiger partial charge on any atom is 0.323 e. The maximum absolute atomic E-state index is 11.8. The number of hydrogen-bond donors (Lipinski definition) is 2. The van der Waals surface area contributed by atoms with E-state index in [1.807, 2.05) is 6.07 Å². The van der Waals surface area contributed by atoms with Crippen LogP contribution in [-0.2, 0) is 26.0 Å². The second-order valence-corrected chi connectivity index (χ2v) is 6.29. The zero-order valence-electron chi connectivity index (χ0n) is 11.3. The molecule has 2 rings (SSSR count). The summed E-state index contributed by atoms with van der Waals surface area (Å²) in [6.07, 6.45) is 1.93. The highest BCUT2D eigenvalue weighted by molar-refractivity contribution is 7.93. The monoisotopic (exact) mass is 298 g/mol.